The van der Waals surface area contributed by atoms with Crippen molar-refractivity contribution in [2.75, 3.05) is 19.8 Å². The van der Waals surface area contributed by atoms with E-state index in [1.165, 1.54) is 0 Å². The smallest absolute Gasteiger partial charge is 0.747 e. The molecule has 1 atom stereocenters. The number of imide groups is 1. The van der Waals surface area contributed by atoms with Crippen molar-refractivity contribution in [3.8, 4) is 0 Å². The van der Waals surface area contributed by atoms with Crippen molar-refractivity contribution in [1.82, 2.24) is 10.4 Å². The Kier molecular flexibility index (Phi) is 11.9. The molecule has 0 bridgehead atoms. The second-order valence-electron chi connectivity index (χ2n) is 5.58. The summed E-state index contributed by atoms with van der Waals surface area (Å²) in [5, 5.41) is 0.410. The fraction of sp³-hybridized carbons (Fsp3) is 0.714. The number of hydroxylamine groups is 2. The predicted molar refractivity (Wildman–Crippen MR) is 84.0 cm³/mol. The van der Waals surface area contributed by atoms with Gasteiger partial charge in [0.15, 0.2) is 0 Å². The third-order valence-corrected chi connectivity index (χ3v) is 4.47. The molecule has 1 N–H and O–H groups in total. The normalized spacial score (nSPS) is 16.8. The molecule has 0 saturated carbocycles. The molecule has 27 heavy (non-hydrogen) atoms. The summed E-state index contributed by atoms with van der Waals surface area (Å²) in [6.07, 6.45) is 3.06. The van der Waals surface area contributed by atoms with Crippen molar-refractivity contribution in [2.24, 2.45) is 0 Å². The van der Waals surface area contributed by atoms with Gasteiger partial charge in [-0.2, -0.15) is 0 Å². The maximum Gasteiger partial charge on any atom is 1.00 e. The van der Waals surface area contributed by atoms with Gasteiger partial charge in [-0.3, -0.25) is 14.4 Å². The predicted octanol–water partition coefficient (Wildman–Crippen LogP) is -4.17. The van der Waals surface area contributed by atoms with Crippen molar-refractivity contribution >= 4 is 33.8 Å². The zero-order chi connectivity index (χ0) is 19.7. The second kappa shape index (κ2) is 12.4. The monoisotopic (exact) mass is 416 g/mol. The van der Waals surface area contributed by atoms with Gasteiger partial charge in [0, 0.05) is 6.54 Å². The number of nitrogens with one attached hydrogen (secondary N) is 1. The third-order valence-electron chi connectivity index (χ3n) is 3.41. The summed E-state index contributed by atoms with van der Waals surface area (Å²) in [5.74, 6) is -4.19. The topological polar surface area (TPSA) is 159 Å². The van der Waals surface area contributed by atoms with Gasteiger partial charge in [-0.1, -0.05) is 26.2 Å². The molecule has 1 heterocycles. The molecule has 13 heteroatoms. The summed E-state index contributed by atoms with van der Waals surface area (Å²) in [4.78, 5) is 50.5. The fourth-order valence-electron chi connectivity index (χ4n) is 2.09. The Morgan fingerprint density at radius 1 is 1.22 bits per heavy atom. The molecular formula is C14H21N2NaO9S. The van der Waals surface area contributed by atoms with Gasteiger partial charge in [-0.25, -0.2) is 13.2 Å². The van der Waals surface area contributed by atoms with Gasteiger partial charge in [-0.15, -0.1) is 5.06 Å². The van der Waals surface area contributed by atoms with Crippen molar-refractivity contribution in [1.29, 1.82) is 0 Å². The first-order valence-corrected chi connectivity index (χ1v) is 9.50. The first kappa shape index (κ1) is 26.0. The van der Waals surface area contributed by atoms with Gasteiger partial charge < -0.3 is 19.4 Å². The minimum Gasteiger partial charge on any atom is -0.747 e. The Morgan fingerprint density at radius 3 is 2.44 bits per heavy atom. The third kappa shape index (κ3) is 9.12. The van der Waals surface area contributed by atoms with E-state index >= 15 is 0 Å². The van der Waals surface area contributed by atoms with E-state index in [4.69, 9.17) is 4.74 Å². The van der Waals surface area contributed by atoms with E-state index in [0.717, 1.165) is 25.7 Å². The van der Waals surface area contributed by atoms with Gasteiger partial charge in [0.2, 0.25) is 5.91 Å². The Bertz CT molecular complexity index is 653. The van der Waals surface area contributed by atoms with Crippen LogP contribution in [-0.2, 0) is 38.9 Å². The van der Waals surface area contributed by atoms with Crippen LogP contribution in [0.1, 0.15) is 39.0 Å². The number of nitrogens with zero attached hydrogens (tertiary/aromatic N) is 1. The van der Waals surface area contributed by atoms with E-state index in [2.05, 4.69) is 17.1 Å². The van der Waals surface area contributed by atoms with E-state index < -0.39 is 58.7 Å². The molecule has 1 rings (SSSR count). The molecule has 0 aromatic rings. The van der Waals surface area contributed by atoms with E-state index in [1.807, 2.05) is 0 Å². The van der Waals surface area contributed by atoms with Crippen molar-refractivity contribution in [3.05, 3.63) is 0 Å². The summed E-state index contributed by atoms with van der Waals surface area (Å²) in [6, 6.07) is 0. The quantitative estimate of drug-likeness (QED) is 0.153. The minimum absolute atomic E-state index is 0. The van der Waals surface area contributed by atoms with Crippen LogP contribution < -0.4 is 34.9 Å². The number of unbranched alkanes of at least 4 members (excludes halogenated alkanes) is 3. The second-order valence-corrected chi connectivity index (χ2v) is 7.13. The standard InChI is InChI=1S/C14H22N2O9S.Na/c1-2-3-4-5-6-15-11(17)8-24-9-13(19)25-16-12(18)7-10(14(16)20)26(21,22)23;/h10H,2-9H2,1H3,(H,15,17)(H,21,22,23);/q;+1/p-1. The van der Waals surface area contributed by atoms with E-state index in [9.17, 15) is 32.1 Å². The van der Waals surface area contributed by atoms with Gasteiger partial charge in [0.1, 0.15) is 28.6 Å². The van der Waals surface area contributed by atoms with Crippen molar-refractivity contribution < 1.29 is 71.3 Å². The largest absolute Gasteiger partial charge is 1.00 e. The Labute approximate surface area is 179 Å². The van der Waals surface area contributed by atoms with Gasteiger partial charge in [0.05, 0.1) is 6.42 Å². The molecule has 1 unspecified atom stereocenters. The molecule has 11 nitrogen and oxygen atoms in total. The SMILES string of the molecule is CCCCCCNC(=O)COCC(=O)ON1C(=O)CC(S(=O)(=O)[O-])C1=O.[Na+]. The van der Waals surface area contributed by atoms with Crippen LogP contribution in [0.3, 0.4) is 0 Å². The Hall–Kier alpha value is -1.05. The first-order chi connectivity index (χ1) is 12.2. The maximum atomic E-state index is 11.6. The summed E-state index contributed by atoms with van der Waals surface area (Å²) in [7, 11) is -5.03. The molecule has 148 valence electrons. The molecular weight excluding hydrogens is 395 g/mol. The summed E-state index contributed by atoms with van der Waals surface area (Å²) < 4.78 is 37.3. The molecule has 1 aliphatic heterocycles. The fourth-order valence-corrected chi connectivity index (χ4v) is 2.78. The number of ether oxygens (including phenoxy) is 1. The van der Waals surface area contributed by atoms with E-state index in [-0.39, 0.29) is 34.6 Å². The zero-order valence-corrected chi connectivity index (χ0v) is 18.1. The molecule has 0 aromatic heterocycles. The number of hydrogen-bond donors (Lipinski definition) is 1. The van der Waals surface area contributed by atoms with Crippen LogP contribution in [0.2, 0.25) is 0 Å². The minimum atomic E-state index is -5.03. The molecule has 3 amide bonds. The molecule has 0 aliphatic carbocycles. The van der Waals surface area contributed by atoms with E-state index in [1.54, 1.807) is 0 Å². The molecule has 1 saturated heterocycles. The Balaban J connectivity index is 0.00000676. The van der Waals surface area contributed by atoms with Crippen LogP contribution in [0.4, 0.5) is 0 Å². The number of carbonyl (C=O) groups is 4. The zero-order valence-electron chi connectivity index (χ0n) is 15.3. The molecule has 1 aliphatic rings. The van der Waals surface area contributed by atoms with Crippen LogP contribution in [0, 0.1) is 0 Å². The maximum absolute atomic E-state index is 11.6. The van der Waals surface area contributed by atoms with Crippen LogP contribution in [0.15, 0.2) is 0 Å². The number of rotatable bonds is 11. The first-order valence-electron chi connectivity index (χ1n) is 8.03. The van der Waals surface area contributed by atoms with Gasteiger partial charge in [-0.05, 0) is 6.42 Å². The van der Waals surface area contributed by atoms with Gasteiger partial charge >= 0.3 is 35.5 Å². The molecule has 0 aromatic carbocycles. The molecule has 1 fully saturated rings. The van der Waals surface area contributed by atoms with Crippen molar-refractivity contribution in [3.63, 3.8) is 0 Å². The van der Waals surface area contributed by atoms with Crippen LogP contribution in [-0.4, -0.2) is 66.7 Å². The van der Waals surface area contributed by atoms with Crippen LogP contribution in [0.5, 0.6) is 0 Å². The average Bonchev–Trinajstić information content (AvgIpc) is 2.83. The summed E-state index contributed by atoms with van der Waals surface area (Å²) in [5.41, 5.74) is 0. The Morgan fingerprint density at radius 2 is 1.89 bits per heavy atom. The average molecular weight is 416 g/mol. The van der Waals surface area contributed by atoms with Crippen LogP contribution in [0.25, 0.3) is 0 Å². The molecule has 0 radical (unpaired) electrons. The number of hydrogen-bond acceptors (Lipinski definition) is 9. The van der Waals surface area contributed by atoms with Crippen LogP contribution >= 0.6 is 0 Å². The number of carbonyl (C=O) groups excluding carboxylic acids is 4. The molecule has 0 spiro atoms. The van der Waals surface area contributed by atoms with E-state index in [0.29, 0.717) is 6.54 Å². The summed E-state index contributed by atoms with van der Waals surface area (Å²) in [6.45, 7) is 1.38. The van der Waals surface area contributed by atoms with Crippen molar-refractivity contribution in [2.45, 2.75) is 44.3 Å². The number of amides is 3. The summed E-state index contributed by atoms with van der Waals surface area (Å²) >= 11 is 0. The van der Waals surface area contributed by atoms with Gasteiger partial charge in [0.25, 0.3) is 11.8 Å².